The fourth-order valence-electron chi connectivity index (χ4n) is 3.13. The van der Waals surface area contributed by atoms with Crippen LogP contribution in [0.15, 0.2) is 23.2 Å². The molecule has 90 valence electrons. The topological polar surface area (TPSA) is 32.6 Å². The molecule has 1 N–H and O–H groups in total. The van der Waals surface area contributed by atoms with Gasteiger partial charge in [0.25, 0.3) is 0 Å². The van der Waals surface area contributed by atoms with E-state index in [0.29, 0.717) is 11.8 Å². The predicted molar refractivity (Wildman–Crippen MR) is 69.7 cm³/mol. The first kappa shape index (κ1) is 10.8. The van der Waals surface area contributed by atoms with Gasteiger partial charge in [0.15, 0.2) is 0 Å². The molecular formula is C15H19NO. The highest BCUT2D eigenvalue weighted by molar-refractivity contribution is 5.84. The van der Waals surface area contributed by atoms with E-state index in [4.69, 9.17) is 0 Å². The van der Waals surface area contributed by atoms with Crippen molar-refractivity contribution in [3.8, 4) is 5.75 Å². The van der Waals surface area contributed by atoms with Gasteiger partial charge in [-0.25, -0.2) is 0 Å². The number of benzene rings is 1. The van der Waals surface area contributed by atoms with Crippen LogP contribution in [0.1, 0.15) is 36.8 Å². The molecular weight excluding hydrogens is 210 g/mol. The third-order valence-electron chi connectivity index (χ3n) is 4.27. The molecule has 2 heteroatoms. The number of phenols is 1. The van der Waals surface area contributed by atoms with Crippen molar-refractivity contribution in [2.45, 2.75) is 38.6 Å². The molecule has 1 aromatic carbocycles. The molecule has 2 saturated carbocycles. The number of rotatable bonds is 2. The average Bonchev–Trinajstić information content (AvgIpc) is 3.05. The molecule has 0 saturated heterocycles. The van der Waals surface area contributed by atoms with Crippen molar-refractivity contribution in [2.24, 2.45) is 16.8 Å². The Morgan fingerprint density at radius 3 is 2.65 bits per heavy atom. The molecule has 2 aliphatic carbocycles. The molecule has 0 radical (unpaired) electrons. The van der Waals surface area contributed by atoms with Crippen molar-refractivity contribution in [2.75, 3.05) is 0 Å². The average molecular weight is 229 g/mol. The highest BCUT2D eigenvalue weighted by Gasteiger charge is 2.50. The summed E-state index contributed by atoms with van der Waals surface area (Å²) in [4.78, 5) is 4.67. The lowest BCUT2D eigenvalue weighted by Crippen LogP contribution is -1.91. The van der Waals surface area contributed by atoms with Gasteiger partial charge < -0.3 is 5.11 Å². The summed E-state index contributed by atoms with van der Waals surface area (Å²) < 4.78 is 0. The predicted octanol–water partition coefficient (Wildman–Crippen LogP) is 3.31. The highest BCUT2D eigenvalue weighted by Crippen LogP contribution is 2.51. The monoisotopic (exact) mass is 229 g/mol. The minimum absolute atomic E-state index is 0.375. The maximum atomic E-state index is 9.90. The Morgan fingerprint density at radius 2 is 1.94 bits per heavy atom. The molecule has 3 rings (SSSR count). The molecule has 0 amide bonds. The van der Waals surface area contributed by atoms with Crippen molar-refractivity contribution >= 4 is 6.21 Å². The smallest absolute Gasteiger partial charge is 0.127 e. The molecule has 1 aromatic rings. The van der Waals surface area contributed by atoms with Gasteiger partial charge in [0, 0.05) is 11.8 Å². The van der Waals surface area contributed by atoms with Gasteiger partial charge in [-0.1, -0.05) is 25.0 Å². The number of aromatic hydroxyl groups is 1. The van der Waals surface area contributed by atoms with Gasteiger partial charge in [-0.15, -0.1) is 0 Å². The first-order valence-corrected chi connectivity index (χ1v) is 6.59. The van der Waals surface area contributed by atoms with E-state index < -0.39 is 0 Å². The fraction of sp³-hybridized carbons (Fsp3) is 0.533. The van der Waals surface area contributed by atoms with E-state index in [2.05, 4.69) is 4.99 Å². The molecule has 17 heavy (non-hydrogen) atoms. The quantitative estimate of drug-likeness (QED) is 0.775. The van der Waals surface area contributed by atoms with Crippen LogP contribution in [0.4, 0.5) is 0 Å². The second kappa shape index (κ2) is 4.17. The number of phenolic OH excluding ortho intramolecular Hbond substituents is 1. The summed E-state index contributed by atoms with van der Waals surface area (Å²) in [5.41, 5.74) is 1.77. The van der Waals surface area contributed by atoms with Crippen LogP contribution in [0.25, 0.3) is 0 Å². The van der Waals surface area contributed by atoms with E-state index in [1.807, 2.05) is 31.3 Å². The van der Waals surface area contributed by atoms with E-state index >= 15 is 0 Å². The third kappa shape index (κ3) is 1.97. The standard InChI is InChI=1S/C15H19NO/c1-10-5-4-6-11(15(10)17)9-16-14-12-7-2-3-8-13(12)14/h4-6,9,12-14,17H,2-3,7-8H2,1H3. The minimum atomic E-state index is 0.375. The summed E-state index contributed by atoms with van der Waals surface area (Å²) in [6, 6.07) is 6.36. The summed E-state index contributed by atoms with van der Waals surface area (Å²) in [5.74, 6) is 2.05. The zero-order valence-electron chi connectivity index (χ0n) is 10.3. The zero-order chi connectivity index (χ0) is 11.8. The number of nitrogens with zero attached hydrogens (tertiary/aromatic N) is 1. The summed E-state index contributed by atoms with van der Waals surface area (Å²) >= 11 is 0. The van der Waals surface area contributed by atoms with Gasteiger partial charge in [-0.2, -0.15) is 0 Å². The molecule has 0 aliphatic heterocycles. The summed E-state index contributed by atoms with van der Waals surface area (Å²) in [5, 5.41) is 9.90. The third-order valence-corrected chi connectivity index (χ3v) is 4.27. The molecule has 2 aliphatic rings. The lowest BCUT2D eigenvalue weighted by molar-refractivity contribution is 0.470. The number of hydrogen-bond acceptors (Lipinski definition) is 2. The summed E-state index contributed by atoms with van der Waals surface area (Å²) in [7, 11) is 0. The van der Waals surface area contributed by atoms with Crippen LogP contribution in [-0.2, 0) is 0 Å². The number of hydrogen-bond donors (Lipinski definition) is 1. The largest absolute Gasteiger partial charge is 0.507 e. The number of aliphatic imine (C=N–C) groups is 1. The number of fused-ring (bicyclic) bond motifs is 1. The zero-order valence-corrected chi connectivity index (χ0v) is 10.3. The Balaban J connectivity index is 1.73. The van der Waals surface area contributed by atoms with Gasteiger partial charge in [0.2, 0.25) is 0 Å². The molecule has 0 aromatic heterocycles. The molecule has 2 atom stereocenters. The number of para-hydroxylation sites is 1. The Hall–Kier alpha value is -1.31. The van der Waals surface area contributed by atoms with Crippen molar-refractivity contribution in [1.29, 1.82) is 0 Å². The SMILES string of the molecule is Cc1cccc(C=NC2C3CCCCC32)c1O. The van der Waals surface area contributed by atoms with Gasteiger partial charge >= 0.3 is 0 Å². The minimum Gasteiger partial charge on any atom is -0.507 e. The molecule has 2 unspecified atom stereocenters. The second-order valence-electron chi connectivity index (χ2n) is 5.39. The maximum absolute atomic E-state index is 9.90. The highest BCUT2D eigenvalue weighted by atomic mass is 16.3. The molecule has 0 heterocycles. The Kier molecular flexibility index (Phi) is 2.65. The van der Waals surface area contributed by atoms with E-state index in [-0.39, 0.29) is 0 Å². The van der Waals surface area contributed by atoms with E-state index in [9.17, 15) is 5.11 Å². The first-order chi connectivity index (χ1) is 8.27. The Labute approximate surface area is 102 Å². The van der Waals surface area contributed by atoms with Gasteiger partial charge in [0.05, 0.1) is 6.04 Å². The van der Waals surface area contributed by atoms with Crippen LogP contribution >= 0.6 is 0 Å². The first-order valence-electron chi connectivity index (χ1n) is 6.59. The van der Waals surface area contributed by atoms with Gasteiger partial charge in [0.1, 0.15) is 5.75 Å². The van der Waals surface area contributed by atoms with Gasteiger partial charge in [-0.3, -0.25) is 4.99 Å². The van der Waals surface area contributed by atoms with Crippen LogP contribution in [-0.4, -0.2) is 17.4 Å². The van der Waals surface area contributed by atoms with Gasteiger partial charge in [-0.05, 0) is 43.2 Å². The van der Waals surface area contributed by atoms with Crippen LogP contribution in [0.3, 0.4) is 0 Å². The van der Waals surface area contributed by atoms with Crippen LogP contribution in [0.2, 0.25) is 0 Å². The molecule has 0 bridgehead atoms. The summed E-state index contributed by atoms with van der Waals surface area (Å²) in [6.45, 7) is 1.92. The Morgan fingerprint density at radius 1 is 1.24 bits per heavy atom. The molecule has 0 spiro atoms. The number of aryl methyl sites for hydroxylation is 1. The summed E-state index contributed by atoms with van der Waals surface area (Å²) in [6.07, 6.45) is 7.33. The van der Waals surface area contributed by atoms with E-state index in [0.717, 1.165) is 23.0 Å². The normalized spacial score (nSPS) is 31.5. The van der Waals surface area contributed by atoms with Crippen LogP contribution in [0, 0.1) is 18.8 Å². The second-order valence-corrected chi connectivity index (χ2v) is 5.39. The lowest BCUT2D eigenvalue weighted by atomic mass is 10.0. The van der Waals surface area contributed by atoms with Crippen molar-refractivity contribution in [1.82, 2.24) is 0 Å². The molecule has 2 fully saturated rings. The Bertz CT molecular complexity index is 440. The molecule has 2 nitrogen and oxygen atoms in total. The van der Waals surface area contributed by atoms with E-state index in [1.54, 1.807) is 0 Å². The van der Waals surface area contributed by atoms with Crippen molar-refractivity contribution < 1.29 is 5.11 Å². The lowest BCUT2D eigenvalue weighted by Gasteiger charge is -2.04. The van der Waals surface area contributed by atoms with Crippen LogP contribution in [0.5, 0.6) is 5.75 Å². The van der Waals surface area contributed by atoms with Crippen LogP contribution < -0.4 is 0 Å². The maximum Gasteiger partial charge on any atom is 0.127 e. The fourth-order valence-corrected chi connectivity index (χ4v) is 3.13. The van der Waals surface area contributed by atoms with Crippen molar-refractivity contribution in [3.05, 3.63) is 29.3 Å². The van der Waals surface area contributed by atoms with E-state index in [1.165, 1.54) is 25.7 Å². The van der Waals surface area contributed by atoms with Crippen molar-refractivity contribution in [3.63, 3.8) is 0 Å².